The number of aliphatic hydroxyl groups is 1. The van der Waals surface area contributed by atoms with E-state index in [2.05, 4.69) is 14.7 Å². The number of amides is 1. The molecule has 0 saturated carbocycles. The van der Waals surface area contributed by atoms with E-state index in [0.29, 0.717) is 12.8 Å². The Kier molecular flexibility index (Phi) is 4.69. The van der Waals surface area contributed by atoms with Crippen LogP contribution in [0.1, 0.15) is 6.42 Å². The zero-order chi connectivity index (χ0) is 8.53. The average Bonchev–Trinajstić information content (AvgIpc) is 1.99. The van der Waals surface area contributed by atoms with Crippen molar-refractivity contribution in [2.24, 2.45) is 5.10 Å². The number of carbonyl (C=O) groups excluding carboxylic acids is 1. The Balaban J connectivity index is 3.29. The Morgan fingerprint density at radius 3 is 3.50 bits per heavy atom. The van der Waals surface area contributed by atoms with E-state index in [9.17, 15) is 4.79 Å². The molecule has 1 amide bonds. The Morgan fingerprint density at radius 2 is 2.90 bits per heavy atom. The van der Waals surface area contributed by atoms with Crippen LogP contribution in [0.4, 0.5) is 0 Å². The maximum absolute atomic E-state index is 10.5. The molecular weight excluding hydrogens is 156 g/mol. The van der Waals surface area contributed by atoms with Crippen LogP contribution in [0.15, 0.2) is 5.10 Å². The van der Waals surface area contributed by atoms with Crippen molar-refractivity contribution in [2.45, 2.75) is 6.42 Å². The minimum atomic E-state index is -0.401. The normalized spacial score (nSPS) is 11.1. The summed E-state index contributed by atoms with van der Waals surface area (Å²) in [5, 5.41) is 11.5. The molecule has 0 bridgehead atoms. The molecule has 5 nitrogen and oxygen atoms in total. The Hall–Kier alpha value is -0.750. The number of carbonyl (C=O) groups is 1. The molecule has 0 radical (unpaired) electrons. The lowest BCUT2D eigenvalue weighted by Gasteiger charge is -1.93. The Morgan fingerprint density at radius 1 is 2.10 bits per heavy atom. The summed E-state index contributed by atoms with van der Waals surface area (Å²) in [6.07, 6.45) is 0.929. The van der Waals surface area contributed by atoms with Crippen molar-refractivity contribution in [3.8, 4) is 0 Å². The lowest BCUT2D eigenvalue weighted by Crippen LogP contribution is -2.18. The van der Waals surface area contributed by atoms with Gasteiger partial charge in [0, 0.05) is 12.8 Å². The van der Waals surface area contributed by atoms with Crippen molar-refractivity contribution in [1.29, 1.82) is 1.12 Å². The highest BCUT2D eigenvalue weighted by Gasteiger charge is 1.94. The molecule has 0 aliphatic rings. The van der Waals surface area contributed by atoms with Crippen LogP contribution in [0.25, 0.3) is 0 Å². The Bertz CT molecular complexity index is 143. The molecule has 0 fully saturated rings. The summed E-state index contributed by atoms with van der Waals surface area (Å²) >= 11 is 0.367. The van der Waals surface area contributed by atoms with Crippen molar-refractivity contribution < 1.29 is 14.1 Å². The highest BCUT2D eigenvalue weighted by atomic mass is 32.1. The molecule has 0 aromatic carbocycles. The number of thiol groups is 1. The van der Waals surface area contributed by atoms with E-state index in [0.717, 1.165) is 6.40 Å². The summed E-state index contributed by atoms with van der Waals surface area (Å²) in [6, 6.07) is 0. The van der Waals surface area contributed by atoms with Crippen LogP contribution in [0.5, 0.6) is 0 Å². The van der Waals surface area contributed by atoms with Crippen LogP contribution in [-0.4, -0.2) is 25.1 Å². The molecule has 0 heterocycles. The fourth-order valence-corrected chi connectivity index (χ4v) is 0.320. The third-order valence-corrected chi connectivity index (χ3v) is 0.710. The van der Waals surface area contributed by atoms with Gasteiger partial charge in [-0.15, -0.1) is 5.10 Å². The highest BCUT2D eigenvalue weighted by Crippen LogP contribution is 1.75. The van der Waals surface area contributed by atoms with E-state index in [1.807, 2.05) is 0 Å². The van der Waals surface area contributed by atoms with Crippen LogP contribution in [0, 0.1) is 0 Å². The second-order valence-electron chi connectivity index (χ2n) is 1.34. The molecule has 0 rings (SSSR count). The predicted octanol–water partition coefficient (Wildman–Crippen LogP) is -0.710. The second-order valence-corrected chi connectivity index (χ2v) is 1.53. The highest BCUT2D eigenvalue weighted by molar-refractivity contribution is 7.75. The number of hydrogen-bond acceptors (Lipinski definition) is 5. The average molecular weight is 166 g/mol. The molecule has 58 valence electrons. The van der Waals surface area contributed by atoms with Crippen molar-refractivity contribution in [3.05, 3.63) is 0 Å². The zero-order valence-corrected chi connectivity index (χ0v) is 5.93. The van der Waals surface area contributed by atoms with Crippen molar-refractivity contribution >= 4 is 25.1 Å². The van der Waals surface area contributed by atoms with E-state index in [1.54, 1.807) is 0 Å². The SMILES string of the molecule is [3H]SOC=NNC(=O)CCO. The van der Waals surface area contributed by atoms with Crippen molar-refractivity contribution in [1.82, 2.24) is 5.43 Å². The summed E-state index contributed by atoms with van der Waals surface area (Å²) in [6.45, 7) is -0.213. The van der Waals surface area contributed by atoms with Gasteiger partial charge in [-0.2, -0.15) is 0 Å². The van der Waals surface area contributed by atoms with E-state index in [1.165, 1.54) is 0 Å². The molecule has 0 saturated heterocycles. The van der Waals surface area contributed by atoms with Gasteiger partial charge in [0.2, 0.25) is 12.3 Å². The molecule has 0 aromatic rings. The van der Waals surface area contributed by atoms with Crippen LogP contribution >= 0.6 is 12.8 Å². The van der Waals surface area contributed by atoms with Gasteiger partial charge in [0.1, 0.15) is 1.12 Å². The number of nitrogens with zero attached hydrogens (tertiary/aromatic N) is 1. The second kappa shape index (κ2) is 6.37. The van der Waals surface area contributed by atoms with Crippen LogP contribution in [-0.2, 0) is 8.98 Å². The molecule has 0 aliphatic heterocycles. The van der Waals surface area contributed by atoms with Gasteiger partial charge in [-0.3, -0.25) is 4.79 Å². The fraction of sp³-hybridized carbons (Fsp3) is 0.500. The first-order chi connectivity index (χ1) is 5.31. The minimum Gasteiger partial charge on any atom is -0.415 e. The summed E-state index contributed by atoms with van der Waals surface area (Å²) in [7, 11) is 0. The summed E-state index contributed by atoms with van der Waals surface area (Å²) < 4.78 is 10.7. The topological polar surface area (TPSA) is 70.9 Å². The van der Waals surface area contributed by atoms with E-state index >= 15 is 0 Å². The van der Waals surface area contributed by atoms with Gasteiger partial charge >= 0.3 is 0 Å². The van der Waals surface area contributed by atoms with Gasteiger partial charge in [-0.25, -0.2) is 5.43 Å². The maximum Gasteiger partial charge on any atom is 0.242 e. The van der Waals surface area contributed by atoms with Gasteiger partial charge in [-0.05, 0) is 0 Å². The molecular formula is C4H8N2O3S. The van der Waals surface area contributed by atoms with Gasteiger partial charge in [0.25, 0.3) is 0 Å². The number of rotatable bonds is 5. The Labute approximate surface area is 64.8 Å². The lowest BCUT2D eigenvalue weighted by molar-refractivity contribution is -0.121. The smallest absolute Gasteiger partial charge is 0.242 e. The molecule has 0 unspecified atom stereocenters. The number of hydrazone groups is 1. The summed E-state index contributed by atoms with van der Waals surface area (Å²) in [4.78, 5) is 10.5. The monoisotopic (exact) mass is 166 g/mol. The molecule has 0 spiro atoms. The molecule has 10 heavy (non-hydrogen) atoms. The summed E-state index contributed by atoms with van der Waals surface area (Å²) in [5.41, 5.74) is 2.07. The molecule has 0 aliphatic carbocycles. The molecule has 2 N–H and O–H groups in total. The lowest BCUT2D eigenvalue weighted by atomic mass is 10.4. The van der Waals surface area contributed by atoms with Gasteiger partial charge in [0.05, 0.1) is 13.0 Å². The van der Waals surface area contributed by atoms with E-state index < -0.39 is 5.91 Å². The summed E-state index contributed by atoms with van der Waals surface area (Å²) in [5.74, 6) is -0.401. The van der Waals surface area contributed by atoms with Gasteiger partial charge in [0.15, 0.2) is 0 Å². The largest absolute Gasteiger partial charge is 0.415 e. The number of hydrogen-bond donors (Lipinski definition) is 3. The molecule has 0 aromatic heterocycles. The van der Waals surface area contributed by atoms with Crippen LogP contribution < -0.4 is 5.43 Å². The van der Waals surface area contributed by atoms with Crippen molar-refractivity contribution in [2.75, 3.05) is 6.61 Å². The van der Waals surface area contributed by atoms with Crippen LogP contribution in [0.3, 0.4) is 0 Å². The van der Waals surface area contributed by atoms with Crippen LogP contribution in [0.2, 0.25) is 0 Å². The fourth-order valence-electron chi connectivity index (χ4n) is 0.277. The zero-order valence-electron chi connectivity index (χ0n) is 6.11. The first-order valence-electron chi connectivity index (χ1n) is 2.92. The predicted molar refractivity (Wildman–Crippen MR) is 38.4 cm³/mol. The number of aliphatic hydroxyl groups excluding tert-OH is 1. The van der Waals surface area contributed by atoms with Crippen molar-refractivity contribution in [3.63, 3.8) is 0 Å². The first kappa shape index (κ1) is 7.36. The third-order valence-electron chi connectivity index (χ3n) is 0.624. The number of nitrogens with one attached hydrogen (secondary N) is 1. The quantitative estimate of drug-likeness (QED) is 0.166. The maximum atomic E-state index is 10.5. The minimum absolute atomic E-state index is 0.00532. The van der Waals surface area contributed by atoms with E-state index in [-0.39, 0.29) is 13.0 Å². The van der Waals surface area contributed by atoms with Gasteiger partial charge in [-0.1, -0.05) is 0 Å². The standard InChI is InChI=1S/C4H8N2O3S/c7-2-1-4(8)6-5-3-9-10/h3,7,10H,1-2H2,(H,6,8)/i/hT. The third kappa shape index (κ3) is 5.39. The molecule has 0 atom stereocenters. The van der Waals surface area contributed by atoms with Gasteiger partial charge < -0.3 is 9.29 Å². The first-order valence-corrected chi connectivity index (χ1v) is 2.84. The molecule has 6 heteroatoms. The van der Waals surface area contributed by atoms with E-state index in [4.69, 9.17) is 6.23 Å².